The molecule has 1 aliphatic rings. The van der Waals surface area contributed by atoms with Crippen LogP contribution in [0.1, 0.15) is 52.0 Å². The molecule has 0 spiro atoms. The minimum absolute atomic E-state index is 0.0161. The van der Waals surface area contributed by atoms with Gasteiger partial charge in [-0.05, 0) is 48.4 Å². The molecule has 0 heterocycles. The normalized spacial score (nSPS) is 21.2. The van der Waals surface area contributed by atoms with Crippen LogP contribution < -0.4 is 10.6 Å². The molecule has 144 valence electrons. The SMILES string of the molecule is CC(C)(C)[C@@H]1CCCC[C@@H]1NC(=O)C(=O)Nc1ccc(C(F)(F)F)cc1. The summed E-state index contributed by atoms with van der Waals surface area (Å²) in [6, 6.07) is 3.92. The summed E-state index contributed by atoms with van der Waals surface area (Å²) in [4.78, 5) is 24.3. The zero-order valence-corrected chi connectivity index (χ0v) is 15.2. The van der Waals surface area contributed by atoms with E-state index in [2.05, 4.69) is 31.4 Å². The summed E-state index contributed by atoms with van der Waals surface area (Å²) in [5.74, 6) is -1.35. The van der Waals surface area contributed by atoms with Crippen LogP contribution in [0.5, 0.6) is 0 Å². The Balaban J connectivity index is 1.98. The smallest absolute Gasteiger partial charge is 0.345 e. The summed E-state index contributed by atoms with van der Waals surface area (Å²) in [5.41, 5.74) is -0.647. The molecule has 1 fully saturated rings. The Kier molecular flexibility index (Phi) is 5.98. The summed E-state index contributed by atoms with van der Waals surface area (Å²) < 4.78 is 37.7. The lowest BCUT2D eigenvalue weighted by molar-refractivity contribution is -0.137. The molecule has 0 radical (unpaired) electrons. The molecule has 2 N–H and O–H groups in total. The van der Waals surface area contributed by atoms with E-state index < -0.39 is 23.6 Å². The predicted molar refractivity (Wildman–Crippen MR) is 93.4 cm³/mol. The van der Waals surface area contributed by atoms with Gasteiger partial charge >= 0.3 is 18.0 Å². The van der Waals surface area contributed by atoms with Crippen molar-refractivity contribution in [3.05, 3.63) is 29.8 Å². The topological polar surface area (TPSA) is 58.2 Å². The van der Waals surface area contributed by atoms with Gasteiger partial charge in [0, 0.05) is 11.7 Å². The molecule has 2 rings (SSSR count). The van der Waals surface area contributed by atoms with E-state index in [0.717, 1.165) is 49.9 Å². The van der Waals surface area contributed by atoms with Crippen molar-refractivity contribution in [2.75, 3.05) is 5.32 Å². The zero-order chi connectivity index (χ0) is 19.5. The monoisotopic (exact) mass is 370 g/mol. The number of carbonyl (C=O) groups is 2. The van der Waals surface area contributed by atoms with Gasteiger partial charge < -0.3 is 10.6 Å². The van der Waals surface area contributed by atoms with Crippen molar-refractivity contribution in [2.45, 2.75) is 58.7 Å². The Labute approximate surface area is 151 Å². The maximum Gasteiger partial charge on any atom is 0.416 e. The van der Waals surface area contributed by atoms with Crippen LogP contribution in [0.15, 0.2) is 24.3 Å². The van der Waals surface area contributed by atoms with E-state index in [1.165, 1.54) is 0 Å². The van der Waals surface area contributed by atoms with Gasteiger partial charge in [0.2, 0.25) is 0 Å². The molecule has 1 aromatic carbocycles. The largest absolute Gasteiger partial charge is 0.416 e. The van der Waals surface area contributed by atoms with Crippen LogP contribution in [0.4, 0.5) is 18.9 Å². The number of nitrogens with one attached hydrogen (secondary N) is 2. The highest BCUT2D eigenvalue weighted by Gasteiger charge is 2.36. The maximum absolute atomic E-state index is 12.6. The van der Waals surface area contributed by atoms with Gasteiger partial charge in [-0.1, -0.05) is 33.6 Å². The standard InChI is InChI=1S/C19H25F3N2O2/c1-18(2,3)14-6-4-5-7-15(14)24-17(26)16(25)23-13-10-8-12(9-11-13)19(20,21)22/h8-11,14-15H,4-7H2,1-3H3,(H,23,25)(H,24,26)/t14-,15+/m1/s1. The minimum Gasteiger partial charge on any atom is -0.345 e. The summed E-state index contributed by atoms with van der Waals surface area (Å²) in [6.45, 7) is 6.35. The molecule has 4 nitrogen and oxygen atoms in total. The number of carbonyl (C=O) groups excluding carboxylic acids is 2. The third-order valence-electron chi connectivity index (χ3n) is 4.87. The van der Waals surface area contributed by atoms with Gasteiger partial charge in [-0.2, -0.15) is 13.2 Å². The average molecular weight is 370 g/mol. The number of halogens is 3. The molecule has 0 unspecified atom stereocenters. The van der Waals surface area contributed by atoms with Crippen LogP contribution in [-0.2, 0) is 15.8 Å². The van der Waals surface area contributed by atoms with E-state index in [1.54, 1.807) is 0 Å². The van der Waals surface area contributed by atoms with Gasteiger partial charge in [0.05, 0.1) is 5.56 Å². The number of anilines is 1. The van der Waals surface area contributed by atoms with Crippen molar-refractivity contribution < 1.29 is 22.8 Å². The molecule has 7 heteroatoms. The molecule has 2 amide bonds. The number of rotatable bonds is 2. The van der Waals surface area contributed by atoms with Crippen molar-refractivity contribution in [2.24, 2.45) is 11.3 Å². The molecular formula is C19H25F3N2O2. The number of benzene rings is 1. The van der Waals surface area contributed by atoms with Crippen LogP contribution in [0.2, 0.25) is 0 Å². The highest BCUT2D eigenvalue weighted by atomic mass is 19.4. The van der Waals surface area contributed by atoms with Gasteiger partial charge in [-0.3, -0.25) is 9.59 Å². The summed E-state index contributed by atoms with van der Waals surface area (Å²) in [5, 5.41) is 5.15. The fourth-order valence-corrected chi connectivity index (χ4v) is 3.50. The van der Waals surface area contributed by atoms with Crippen molar-refractivity contribution in [3.63, 3.8) is 0 Å². The van der Waals surface area contributed by atoms with Crippen LogP contribution >= 0.6 is 0 Å². The van der Waals surface area contributed by atoms with Gasteiger partial charge in [0.25, 0.3) is 0 Å². The first-order chi connectivity index (χ1) is 12.0. The lowest BCUT2D eigenvalue weighted by Crippen LogP contribution is -2.49. The number of amides is 2. The maximum atomic E-state index is 12.6. The van der Waals surface area contributed by atoms with Crippen LogP contribution in [0.25, 0.3) is 0 Å². The van der Waals surface area contributed by atoms with Gasteiger partial charge in [-0.15, -0.1) is 0 Å². The summed E-state index contributed by atoms with van der Waals surface area (Å²) in [6.07, 6.45) is -0.525. The van der Waals surface area contributed by atoms with E-state index in [1.807, 2.05) is 0 Å². The van der Waals surface area contributed by atoms with Crippen molar-refractivity contribution in [1.82, 2.24) is 5.32 Å². The Hall–Kier alpha value is -2.05. The predicted octanol–water partition coefficient (Wildman–Crippen LogP) is 4.37. The first kappa shape index (κ1) is 20.3. The molecular weight excluding hydrogens is 345 g/mol. The second kappa shape index (κ2) is 7.68. The summed E-state index contributed by atoms with van der Waals surface area (Å²) >= 11 is 0. The average Bonchev–Trinajstić information content (AvgIpc) is 2.54. The Morgan fingerprint density at radius 2 is 1.54 bits per heavy atom. The Bertz CT molecular complexity index is 648. The van der Waals surface area contributed by atoms with Crippen molar-refractivity contribution >= 4 is 17.5 Å². The van der Waals surface area contributed by atoms with E-state index in [-0.39, 0.29) is 23.1 Å². The van der Waals surface area contributed by atoms with E-state index >= 15 is 0 Å². The lowest BCUT2D eigenvalue weighted by Gasteiger charge is -2.40. The lowest BCUT2D eigenvalue weighted by atomic mass is 9.69. The first-order valence-electron chi connectivity index (χ1n) is 8.77. The Morgan fingerprint density at radius 1 is 0.962 bits per heavy atom. The van der Waals surface area contributed by atoms with E-state index in [4.69, 9.17) is 0 Å². The van der Waals surface area contributed by atoms with Crippen LogP contribution in [0.3, 0.4) is 0 Å². The van der Waals surface area contributed by atoms with E-state index in [0.29, 0.717) is 0 Å². The minimum atomic E-state index is -4.44. The molecule has 1 aliphatic carbocycles. The van der Waals surface area contributed by atoms with Crippen molar-refractivity contribution in [3.8, 4) is 0 Å². The second-order valence-corrected chi connectivity index (χ2v) is 7.87. The molecule has 1 saturated carbocycles. The molecule has 2 atom stereocenters. The van der Waals surface area contributed by atoms with Gasteiger partial charge in [0.1, 0.15) is 0 Å². The first-order valence-corrected chi connectivity index (χ1v) is 8.77. The third kappa shape index (κ3) is 5.22. The second-order valence-electron chi connectivity index (χ2n) is 7.87. The quantitative estimate of drug-likeness (QED) is 0.760. The summed E-state index contributed by atoms with van der Waals surface area (Å²) in [7, 11) is 0. The molecule has 1 aromatic rings. The fraction of sp³-hybridized carbons (Fsp3) is 0.579. The van der Waals surface area contributed by atoms with Crippen LogP contribution in [-0.4, -0.2) is 17.9 Å². The molecule has 0 aliphatic heterocycles. The molecule has 26 heavy (non-hydrogen) atoms. The molecule has 0 aromatic heterocycles. The van der Waals surface area contributed by atoms with Gasteiger partial charge in [0.15, 0.2) is 0 Å². The highest BCUT2D eigenvalue weighted by molar-refractivity contribution is 6.39. The highest BCUT2D eigenvalue weighted by Crippen LogP contribution is 2.38. The van der Waals surface area contributed by atoms with Crippen LogP contribution in [0, 0.1) is 11.3 Å². The zero-order valence-electron chi connectivity index (χ0n) is 15.2. The van der Waals surface area contributed by atoms with Gasteiger partial charge in [-0.25, -0.2) is 0 Å². The number of alkyl halides is 3. The fourth-order valence-electron chi connectivity index (χ4n) is 3.50. The number of hydrogen-bond acceptors (Lipinski definition) is 2. The molecule has 0 bridgehead atoms. The van der Waals surface area contributed by atoms with E-state index in [9.17, 15) is 22.8 Å². The third-order valence-corrected chi connectivity index (χ3v) is 4.87. The molecule has 0 saturated heterocycles. The van der Waals surface area contributed by atoms with Crippen molar-refractivity contribution in [1.29, 1.82) is 0 Å². The Morgan fingerprint density at radius 3 is 2.08 bits per heavy atom. The number of hydrogen-bond donors (Lipinski definition) is 2.